The number of benzene rings is 1. The minimum Gasteiger partial charge on any atom is -0.450 e. The van der Waals surface area contributed by atoms with E-state index < -0.39 is 12.1 Å². The Kier molecular flexibility index (Phi) is 3.07. The zero-order chi connectivity index (χ0) is 13.2. The maximum atomic E-state index is 12.0. The third kappa shape index (κ3) is 2.38. The summed E-state index contributed by atoms with van der Waals surface area (Å²) >= 11 is 0. The molecule has 1 aromatic heterocycles. The van der Waals surface area contributed by atoms with Gasteiger partial charge >= 0.3 is 5.97 Å². The predicted molar refractivity (Wildman–Crippen MR) is 71.0 cm³/mol. The number of fused-ring (bicyclic) bond motifs is 1. The first kappa shape index (κ1) is 12.0. The second-order valence-electron chi connectivity index (χ2n) is 4.88. The minimum atomic E-state index is -0.562. The minimum absolute atomic E-state index is 0.0377. The molecule has 1 aromatic carbocycles. The van der Waals surface area contributed by atoms with E-state index in [2.05, 4.69) is 4.98 Å². The third-order valence-corrected chi connectivity index (χ3v) is 3.50. The fraction of sp³-hybridized carbons (Fsp3) is 0.333. The van der Waals surface area contributed by atoms with Crippen molar-refractivity contribution >= 4 is 22.7 Å². The molecule has 4 nitrogen and oxygen atoms in total. The lowest BCUT2D eigenvalue weighted by Crippen LogP contribution is -2.30. The van der Waals surface area contributed by atoms with Crippen LogP contribution in [0.4, 0.5) is 0 Å². The predicted octanol–water partition coefficient (Wildman–Crippen LogP) is 2.84. The van der Waals surface area contributed by atoms with Crippen molar-refractivity contribution in [1.29, 1.82) is 0 Å². The van der Waals surface area contributed by atoms with Crippen molar-refractivity contribution in [3.8, 4) is 0 Å². The molecule has 1 aliphatic rings. The fourth-order valence-electron chi connectivity index (χ4n) is 2.45. The van der Waals surface area contributed by atoms with Gasteiger partial charge in [-0.2, -0.15) is 0 Å². The Balaban J connectivity index is 1.77. The summed E-state index contributed by atoms with van der Waals surface area (Å²) in [5.41, 5.74) is 1.30. The van der Waals surface area contributed by atoms with E-state index in [1.54, 1.807) is 6.07 Å². The van der Waals surface area contributed by atoms with Crippen molar-refractivity contribution in [2.24, 2.45) is 0 Å². The summed E-state index contributed by atoms with van der Waals surface area (Å²) in [6.45, 7) is 0. The van der Waals surface area contributed by atoms with Gasteiger partial charge < -0.3 is 9.72 Å². The van der Waals surface area contributed by atoms with Crippen LogP contribution in [0.15, 0.2) is 30.3 Å². The van der Waals surface area contributed by atoms with Crippen molar-refractivity contribution in [3.63, 3.8) is 0 Å². The van der Waals surface area contributed by atoms with Gasteiger partial charge in [0, 0.05) is 17.3 Å². The Bertz CT molecular complexity index is 596. The van der Waals surface area contributed by atoms with Crippen LogP contribution in [0.2, 0.25) is 0 Å². The van der Waals surface area contributed by atoms with Gasteiger partial charge in [0.1, 0.15) is 5.69 Å². The zero-order valence-electron chi connectivity index (χ0n) is 10.5. The molecule has 0 aliphatic heterocycles. The van der Waals surface area contributed by atoms with Crippen molar-refractivity contribution < 1.29 is 14.3 Å². The van der Waals surface area contributed by atoms with Crippen LogP contribution >= 0.6 is 0 Å². The van der Waals surface area contributed by atoms with Gasteiger partial charge in [-0.1, -0.05) is 18.2 Å². The second-order valence-corrected chi connectivity index (χ2v) is 4.88. The van der Waals surface area contributed by atoms with Crippen LogP contribution in [-0.2, 0) is 9.53 Å². The lowest BCUT2D eigenvalue weighted by atomic mass is 9.96. The van der Waals surface area contributed by atoms with Crippen LogP contribution in [-0.4, -0.2) is 22.8 Å². The van der Waals surface area contributed by atoms with E-state index in [-0.39, 0.29) is 5.78 Å². The Morgan fingerprint density at radius 1 is 1.26 bits per heavy atom. The number of carbonyl (C=O) groups excluding carboxylic acids is 2. The Labute approximate surface area is 110 Å². The van der Waals surface area contributed by atoms with Gasteiger partial charge in [-0.3, -0.25) is 4.79 Å². The largest absolute Gasteiger partial charge is 0.450 e. The van der Waals surface area contributed by atoms with Gasteiger partial charge in [0.05, 0.1) is 0 Å². The number of hydrogen-bond acceptors (Lipinski definition) is 3. The normalized spacial score (nSPS) is 19.6. The highest BCUT2D eigenvalue weighted by Crippen LogP contribution is 2.20. The van der Waals surface area contributed by atoms with E-state index in [9.17, 15) is 9.59 Å². The first-order chi connectivity index (χ1) is 9.24. The summed E-state index contributed by atoms with van der Waals surface area (Å²) in [6, 6.07) is 9.39. The molecule has 1 fully saturated rings. The van der Waals surface area contributed by atoms with Crippen molar-refractivity contribution in [1.82, 2.24) is 4.98 Å². The van der Waals surface area contributed by atoms with Gasteiger partial charge in [0.15, 0.2) is 11.9 Å². The molecule has 0 unspecified atom stereocenters. The van der Waals surface area contributed by atoms with Gasteiger partial charge in [-0.05, 0) is 31.4 Å². The highest BCUT2D eigenvalue weighted by atomic mass is 16.5. The second kappa shape index (κ2) is 4.88. The number of aromatic amines is 1. The highest BCUT2D eigenvalue weighted by Gasteiger charge is 2.26. The number of aromatic nitrogens is 1. The SMILES string of the molecule is O=C(O[C@@H]1CCCCC1=O)c1cc2ccccc2[nH]1. The van der Waals surface area contributed by atoms with Crippen LogP contribution in [0, 0.1) is 0 Å². The molecule has 4 heteroatoms. The number of para-hydroxylation sites is 1. The Morgan fingerprint density at radius 3 is 2.89 bits per heavy atom. The molecule has 2 aromatic rings. The number of esters is 1. The molecular formula is C15H15NO3. The molecule has 3 rings (SSSR count). The van der Waals surface area contributed by atoms with Crippen molar-refractivity contribution in [2.75, 3.05) is 0 Å². The van der Waals surface area contributed by atoms with Gasteiger partial charge in [-0.25, -0.2) is 4.79 Å². The average molecular weight is 257 g/mol. The summed E-state index contributed by atoms with van der Waals surface area (Å²) < 4.78 is 5.30. The maximum absolute atomic E-state index is 12.0. The van der Waals surface area contributed by atoms with Gasteiger partial charge in [0.2, 0.25) is 0 Å². The molecule has 0 amide bonds. The number of ether oxygens (including phenoxy) is 1. The summed E-state index contributed by atoms with van der Waals surface area (Å²) in [5, 5.41) is 0.962. The number of ketones is 1. The van der Waals surface area contributed by atoms with Gasteiger partial charge in [0.25, 0.3) is 0 Å². The van der Waals surface area contributed by atoms with Crippen molar-refractivity contribution in [2.45, 2.75) is 31.8 Å². The van der Waals surface area contributed by atoms with E-state index in [4.69, 9.17) is 4.74 Å². The molecule has 19 heavy (non-hydrogen) atoms. The molecule has 0 saturated heterocycles. The van der Waals surface area contributed by atoms with Gasteiger partial charge in [-0.15, -0.1) is 0 Å². The van der Waals surface area contributed by atoms with Crippen LogP contribution in [0.1, 0.15) is 36.2 Å². The summed E-state index contributed by atoms with van der Waals surface area (Å²) in [6.07, 6.45) is 2.44. The maximum Gasteiger partial charge on any atom is 0.355 e. The standard InChI is InChI=1S/C15H15NO3/c17-13-7-3-4-8-14(13)19-15(18)12-9-10-5-1-2-6-11(10)16-12/h1-2,5-6,9,14,16H,3-4,7-8H2/t14-/m1/s1. The van der Waals surface area contributed by atoms with E-state index in [1.165, 1.54) is 0 Å². The average Bonchev–Trinajstić information content (AvgIpc) is 2.85. The van der Waals surface area contributed by atoms with Crippen LogP contribution in [0.3, 0.4) is 0 Å². The summed E-state index contributed by atoms with van der Waals surface area (Å²) in [5.74, 6) is -0.410. The summed E-state index contributed by atoms with van der Waals surface area (Å²) in [4.78, 5) is 26.7. The van der Waals surface area contributed by atoms with E-state index in [1.807, 2.05) is 24.3 Å². The molecule has 1 atom stereocenters. The fourth-order valence-corrected chi connectivity index (χ4v) is 2.45. The van der Waals surface area contributed by atoms with Crippen LogP contribution < -0.4 is 0 Å². The van der Waals surface area contributed by atoms with E-state index >= 15 is 0 Å². The summed E-state index contributed by atoms with van der Waals surface area (Å²) in [7, 11) is 0. The first-order valence-corrected chi connectivity index (χ1v) is 6.55. The molecule has 1 heterocycles. The lowest BCUT2D eigenvalue weighted by molar-refractivity contribution is -0.129. The Hall–Kier alpha value is -2.10. The third-order valence-electron chi connectivity index (χ3n) is 3.50. The molecule has 1 saturated carbocycles. The van der Waals surface area contributed by atoms with E-state index in [0.29, 0.717) is 18.5 Å². The molecule has 98 valence electrons. The molecule has 1 N–H and O–H groups in total. The zero-order valence-corrected chi connectivity index (χ0v) is 10.5. The lowest BCUT2D eigenvalue weighted by Gasteiger charge is -2.20. The molecule has 1 aliphatic carbocycles. The molecule has 0 bridgehead atoms. The number of rotatable bonds is 2. The highest BCUT2D eigenvalue weighted by molar-refractivity contribution is 5.96. The number of H-pyrrole nitrogens is 1. The van der Waals surface area contributed by atoms with Crippen LogP contribution in [0.25, 0.3) is 10.9 Å². The number of carbonyl (C=O) groups is 2. The quantitative estimate of drug-likeness (QED) is 0.841. The van der Waals surface area contributed by atoms with Crippen LogP contribution in [0.5, 0.6) is 0 Å². The topological polar surface area (TPSA) is 59.2 Å². The monoisotopic (exact) mass is 257 g/mol. The smallest absolute Gasteiger partial charge is 0.355 e. The molecule has 0 spiro atoms. The molecular weight excluding hydrogens is 242 g/mol. The first-order valence-electron chi connectivity index (χ1n) is 6.55. The number of nitrogens with one attached hydrogen (secondary N) is 1. The number of Topliss-reactive ketones (excluding diaryl/α,β-unsaturated/α-hetero) is 1. The Morgan fingerprint density at radius 2 is 2.11 bits per heavy atom. The number of hydrogen-bond donors (Lipinski definition) is 1. The van der Waals surface area contributed by atoms with Crippen molar-refractivity contribution in [3.05, 3.63) is 36.0 Å². The van der Waals surface area contributed by atoms with E-state index in [0.717, 1.165) is 23.7 Å². The molecule has 0 radical (unpaired) electrons.